The van der Waals surface area contributed by atoms with Gasteiger partial charge >= 0.3 is 0 Å². The van der Waals surface area contributed by atoms with Crippen LogP contribution in [-0.4, -0.2) is 39.0 Å². The third-order valence-corrected chi connectivity index (χ3v) is 6.59. The Labute approximate surface area is 198 Å². The maximum Gasteiger partial charge on any atom is 0.231 e. The molecule has 168 valence electrons. The number of Topliss-reactive ketones (excluding diaryl/α,β-unsaturated/α-hetero) is 1. The number of benzene rings is 3. The predicted molar refractivity (Wildman–Crippen MR) is 127 cm³/mol. The number of anilines is 1. The van der Waals surface area contributed by atoms with Crippen LogP contribution >= 0.6 is 11.8 Å². The number of nitrogens with zero attached hydrogens (tertiary/aromatic N) is 3. The molecule has 1 aromatic heterocycles. The van der Waals surface area contributed by atoms with Crippen LogP contribution in [0.15, 0.2) is 71.9 Å². The van der Waals surface area contributed by atoms with Crippen molar-refractivity contribution in [3.63, 3.8) is 0 Å². The van der Waals surface area contributed by atoms with Crippen molar-refractivity contribution < 1.29 is 19.1 Å². The van der Waals surface area contributed by atoms with E-state index in [0.717, 1.165) is 22.5 Å². The summed E-state index contributed by atoms with van der Waals surface area (Å²) >= 11 is 1.32. The summed E-state index contributed by atoms with van der Waals surface area (Å²) in [6.45, 7) is 0.195. The van der Waals surface area contributed by atoms with Crippen molar-refractivity contribution in [1.82, 2.24) is 14.8 Å². The van der Waals surface area contributed by atoms with Crippen LogP contribution in [0.2, 0.25) is 0 Å². The van der Waals surface area contributed by atoms with Gasteiger partial charge in [0.05, 0.1) is 12.2 Å². The minimum absolute atomic E-state index is 0.0422. The molecule has 8 nitrogen and oxygen atoms in total. The number of ketones is 1. The molecule has 0 fully saturated rings. The SMILES string of the molecule is O=C1Cc2cc(C(=O)CSc3nnc(-c4ccc5c(c4)OCO5)n3-c3ccccc3)ccc2N1. The van der Waals surface area contributed by atoms with Crippen LogP contribution in [0.1, 0.15) is 15.9 Å². The van der Waals surface area contributed by atoms with Crippen LogP contribution in [0.4, 0.5) is 5.69 Å². The number of carbonyl (C=O) groups is 2. The van der Waals surface area contributed by atoms with Gasteiger partial charge in [0.25, 0.3) is 0 Å². The summed E-state index contributed by atoms with van der Waals surface area (Å²) < 4.78 is 12.9. The van der Waals surface area contributed by atoms with Crippen LogP contribution < -0.4 is 14.8 Å². The van der Waals surface area contributed by atoms with Crippen LogP contribution in [0.25, 0.3) is 17.1 Å². The van der Waals surface area contributed by atoms with Gasteiger partial charge in [0.1, 0.15) is 0 Å². The molecule has 0 bridgehead atoms. The van der Waals surface area contributed by atoms with Gasteiger partial charge in [0.15, 0.2) is 28.3 Å². The lowest BCUT2D eigenvalue weighted by atomic mass is 10.1. The van der Waals surface area contributed by atoms with E-state index in [0.29, 0.717) is 34.5 Å². The maximum atomic E-state index is 12.9. The normalized spacial score (nSPS) is 13.6. The van der Waals surface area contributed by atoms with E-state index < -0.39 is 0 Å². The Morgan fingerprint density at radius 1 is 1.00 bits per heavy atom. The van der Waals surface area contributed by atoms with Gasteiger partial charge in [0.2, 0.25) is 12.7 Å². The molecule has 2 aliphatic rings. The van der Waals surface area contributed by atoms with Gasteiger partial charge in [-0.25, -0.2) is 0 Å². The Morgan fingerprint density at radius 3 is 2.74 bits per heavy atom. The zero-order valence-corrected chi connectivity index (χ0v) is 18.7. The highest BCUT2D eigenvalue weighted by Crippen LogP contribution is 2.37. The van der Waals surface area contributed by atoms with Crippen LogP contribution in [0, 0.1) is 0 Å². The number of carbonyl (C=O) groups excluding carboxylic acids is 2. The summed E-state index contributed by atoms with van der Waals surface area (Å²) in [6.07, 6.45) is 0.296. The molecule has 1 N–H and O–H groups in total. The number of hydrogen-bond acceptors (Lipinski definition) is 7. The van der Waals surface area contributed by atoms with E-state index in [9.17, 15) is 9.59 Å². The summed E-state index contributed by atoms with van der Waals surface area (Å²) in [5.41, 5.74) is 3.90. The molecule has 0 saturated carbocycles. The second-order valence-electron chi connectivity index (χ2n) is 7.85. The number of amides is 1. The van der Waals surface area contributed by atoms with Gasteiger partial charge in [-0.2, -0.15) is 0 Å². The Kier molecular flexibility index (Phi) is 5.03. The minimum atomic E-state index is -0.0546. The van der Waals surface area contributed by atoms with Gasteiger partial charge in [-0.1, -0.05) is 30.0 Å². The van der Waals surface area contributed by atoms with E-state index in [1.807, 2.05) is 53.1 Å². The predicted octanol–water partition coefficient (Wildman–Crippen LogP) is 4.13. The number of nitrogens with one attached hydrogen (secondary N) is 1. The third kappa shape index (κ3) is 3.69. The third-order valence-electron chi connectivity index (χ3n) is 5.66. The van der Waals surface area contributed by atoms with E-state index in [2.05, 4.69) is 15.5 Å². The van der Waals surface area contributed by atoms with E-state index in [1.165, 1.54) is 11.8 Å². The minimum Gasteiger partial charge on any atom is -0.454 e. The molecule has 6 rings (SSSR count). The van der Waals surface area contributed by atoms with Crippen LogP contribution in [-0.2, 0) is 11.2 Å². The molecule has 0 saturated heterocycles. The fraction of sp³-hybridized carbons (Fsp3) is 0.120. The number of fused-ring (bicyclic) bond motifs is 2. The zero-order chi connectivity index (χ0) is 23.1. The number of hydrogen-bond donors (Lipinski definition) is 1. The highest BCUT2D eigenvalue weighted by Gasteiger charge is 2.22. The number of thioether (sulfide) groups is 1. The highest BCUT2D eigenvalue weighted by molar-refractivity contribution is 7.99. The molecule has 34 heavy (non-hydrogen) atoms. The zero-order valence-electron chi connectivity index (χ0n) is 17.9. The first kappa shape index (κ1) is 20.5. The number of para-hydroxylation sites is 1. The fourth-order valence-electron chi connectivity index (χ4n) is 4.01. The highest BCUT2D eigenvalue weighted by atomic mass is 32.2. The molecular weight excluding hydrogens is 452 g/mol. The summed E-state index contributed by atoms with van der Waals surface area (Å²) in [4.78, 5) is 24.6. The van der Waals surface area contributed by atoms with Crippen molar-refractivity contribution in [1.29, 1.82) is 0 Å². The van der Waals surface area contributed by atoms with Crippen molar-refractivity contribution in [2.75, 3.05) is 17.9 Å². The molecule has 0 aliphatic carbocycles. The molecule has 9 heteroatoms. The monoisotopic (exact) mass is 470 g/mol. The summed E-state index contributed by atoms with van der Waals surface area (Å²) in [5.74, 6) is 2.09. The van der Waals surface area contributed by atoms with Crippen LogP contribution in [0.3, 0.4) is 0 Å². The van der Waals surface area contributed by atoms with Crippen molar-refractivity contribution in [3.8, 4) is 28.6 Å². The van der Waals surface area contributed by atoms with Gasteiger partial charge in [-0.15, -0.1) is 10.2 Å². The first-order chi connectivity index (χ1) is 16.7. The Bertz CT molecular complexity index is 1430. The number of aromatic nitrogens is 3. The number of ether oxygens (including phenoxy) is 2. The van der Waals surface area contributed by atoms with E-state index in [1.54, 1.807) is 18.2 Å². The smallest absolute Gasteiger partial charge is 0.231 e. The fourth-order valence-corrected chi connectivity index (χ4v) is 4.86. The molecule has 2 aliphatic heterocycles. The van der Waals surface area contributed by atoms with Crippen molar-refractivity contribution in [3.05, 3.63) is 77.9 Å². The van der Waals surface area contributed by atoms with Gasteiger partial charge in [0, 0.05) is 22.5 Å². The first-order valence-electron chi connectivity index (χ1n) is 10.7. The average molecular weight is 471 g/mol. The molecule has 0 unspecified atom stereocenters. The molecule has 4 aromatic rings. The molecule has 0 atom stereocenters. The lowest BCUT2D eigenvalue weighted by molar-refractivity contribution is -0.115. The van der Waals surface area contributed by atoms with E-state index in [-0.39, 0.29) is 24.2 Å². The maximum absolute atomic E-state index is 12.9. The summed E-state index contributed by atoms with van der Waals surface area (Å²) in [5, 5.41) is 12.2. The first-order valence-corrected chi connectivity index (χ1v) is 11.6. The summed E-state index contributed by atoms with van der Waals surface area (Å²) in [7, 11) is 0. The lowest BCUT2D eigenvalue weighted by Gasteiger charge is -2.11. The van der Waals surface area contributed by atoms with Crippen molar-refractivity contribution in [2.45, 2.75) is 11.6 Å². The molecule has 0 radical (unpaired) electrons. The van der Waals surface area contributed by atoms with Gasteiger partial charge in [-0.05, 0) is 54.1 Å². The largest absolute Gasteiger partial charge is 0.454 e. The van der Waals surface area contributed by atoms with Gasteiger partial charge < -0.3 is 14.8 Å². The standard InChI is InChI=1S/C25H18N4O4S/c30-20(15-6-8-19-17(10-15)12-23(31)26-19)13-34-25-28-27-24(29(25)18-4-2-1-3-5-18)16-7-9-21-22(11-16)33-14-32-21/h1-11H,12-14H2,(H,26,31). The van der Waals surface area contributed by atoms with E-state index >= 15 is 0 Å². The molecular formula is C25H18N4O4S. The average Bonchev–Trinajstić information content (AvgIpc) is 3.59. The van der Waals surface area contributed by atoms with Gasteiger partial charge in [-0.3, -0.25) is 14.2 Å². The van der Waals surface area contributed by atoms with Crippen molar-refractivity contribution in [2.24, 2.45) is 0 Å². The summed E-state index contributed by atoms with van der Waals surface area (Å²) in [6, 6.07) is 20.7. The Hall–Kier alpha value is -4.11. The Balaban J connectivity index is 1.30. The second kappa shape index (κ2) is 8.35. The number of rotatable bonds is 6. The molecule has 3 heterocycles. The Morgan fingerprint density at radius 2 is 1.85 bits per heavy atom. The lowest BCUT2D eigenvalue weighted by Crippen LogP contribution is -2.05. The second-order valence-corrected chi connectivity index (χ2v) is 8.80. The molecule has 3 aromatic carbocycles. The topological polar surface area (TPSA) is 95.3 Å². The molecule has 0 spiro atoms. The van der Waals surface area contributed by atoms with E-state index in [4.69, 9.17) is 9.47 Å². The quantitative estimate of drug-likeness (QED) is 0.334. The van der Waals surface area contributed by atoms with Crippen molar-refractivity contribution >= 4 is 29.1 Å². The van der Waals surface area contributed by atoms with Crippen LogP contribution in [0.5, 0.6) is 11.5 Å². The molecule has 1 amide bonds.